The van der Waals surface area contributed by atoms with E-state index in [0.717, 1.165) is 18.5 Å². The number of thiazole rings is 1. The van der Waals surface area contributed by atoms with Crippen LogP contribution in [0.15, 0.2) is 22.6 Å². The van der Waals surface area contributed by atoms with Crippen LogP contribution in [0.25, 0.3) is 11.0 Å². The Labute approximate surface area is 171 Å². The Morgan fingerprint density at radius 1 is 1.31 bits per heavy atom. The van der Waals surface area contributed by atoms with Gasteiger partial charge < -0.3 is 4.57 Å². The minimum absolute atomic E-state index is 0.0667. The first-order chi connectivity index (χ1) is 13.8. The van der Waals surface area contributed by atoms with Gasteiger partial charge in [0.2, 0.25) is 0 Å². The first-order valence-electron chi connectivity index (χ1n) is 9.62. The highest BCUT2D eigenvalue weighted by atomic mass is 32.2. The molecule has 1 amide bonds. The van der Waals surface area contributed by atoms with E-state index in [-0.39, 0.29) is 23.5 Å². The molecule has 1 atom stereocenters. The van der Waals surface area contributed by atoms with Crippen molar-refractivity contribution in [2.75, 3.05) is 11.5 Å². The van der Waals surface area contributed by atoms with Gasteiger partial charge in [0.1, 0.15) is 0 Å². The average Bonchev–Trinajstić information content (AvgIpc) is 3.25. The predicted molar refractivity (Wildman–Crippen MR) is 110 cm³/mol. The molecule has 5 rings (SSSR count). The lowest BCUT2D eigenvalue weighted by Crippen LogP contribution is -2.14. The molecule has 2 fully saturated rings. The second kappa shape index (κ2) is 6.60. The van der Waals surface area contributed by atoms with Crippen molar-refractivity contribution in [2.45, 2.75) is 38.1 Å². The highest BCUT2D eigenvalue weighted by molar-refractivity contribution is 7.91. The number of fused-ring (bicyclic) bond motifs is 1. The molecule has 1 unspecified atom stereocenters. The maximum absolute atomic E-state index is 13.1. The molecule has 4 heterocycles. The van der Waals surface area contributed by atoms with E-state index in [1.807, 2.05) is 36.2 Å². The topological polar surface area (TPSA) is 99.2 Å². The van der Waals surface area contributed by atoms with Gasteiger partial charge in [0, 0.05) is 30.2 Å². The van der Waals surface area contributed by atoms with Gasteiger partial charge in [-0.3, -0.25) is 4.79 Å². The number of carbonyl (C=O) groups excluding carboxylic acids is 1. The molecule has 2 aliphatic rings. The third-order valence-electron chi connectivity index (χ3n) is 5.59. The van der Waals surface area contributed by atoms with Crippen molar-refractivity contribution in [3.63, 3.8) is 0 Å². The number of hydrogen-bond acceptors (Lipinski definition) is 6. The van der Waals surface area contributed by atoms with E-state index in [9.17, 15) is 13.2 Å². The van der Waals surface area contributed by atoms with Gasteiger partial charge in [0.05, 0.1) is 34.2 Å². The summed E-state index contributed by atoms with van der Waals surface area (Å²) in [6.45, 7) is 1.84. The summed E-state index contributed by atoms with van der Waals surface area (Å²) in [5.41, 5.74) is 2.64. The van der Waals surface area contributed by atoms with Crippen molar-refractivity contribution < 1.29 is 13.2 Å². The minimum Gasteiger partial charge on any atom is -0.327 e. The van der Waals surface area contributed by atoms with Crippen LogP contribution in [0.1, 0.15) is 53.0 Å². The minimum atomic E-state index is -3.06. The molecular weight excluding hydrogens is 410 g/mol. The summed E-state index contributed by atoms with van der Waals surface area (Å²) in [7, 11) is -1.21. The summed E-state index contributed by atoms with van der Waals surface area (Å²) in [6, 6.07) is 1.61. The first-order valence-corrected chi connectivity index (χ1v) is 12.3. The Morgan fingerprint density at radius 2 is 2.10 bits per heavy atom. The van der Waals surface area contributed by atoms with Crippen LogP contribution in [-0.4, -0.2) is 45.2 Å². The van der Waals surface area contributed by atoms with E-state index < -0.39 is 9.84 Å². The fourth-order valence-corrected chi connectivity index (χ4v) is 6.31. The van der Waals surface area contributed by atoms with Crippen LogP contribution in [0.3, 0.4) is 0 Å². The Kier molecular flexibility index (Phi) is 4.25. The number of pyridine rings is 1. The summed E-state index contributed by atoms with van der Waals surface area (Å²) < 4.78 is 27.5. The van der Waals surface area contributed by atoms with Crippen LogP contribution >= 0.6 is 11.3 Å². The molecule has 0 bridgehead atoms. The van der Waals surface area contributed by atoms with Gasteiger partial charge in [0.25, 0.3) is 5.91 Å². The van der Waals surface area contributed by atoms with E-state index in [2.05, 4.69) is 10.1 Å². The molecule has 152 valence electrons. The predicted octanol–water partition coefficient (Wildman–Crippen LogP) is 2.12. The molecular formula is C19H21N5O3S2. The van der Waals surface area contributed by atoms with Crippen LogP contribution in [0.4, 0.5) is 0 Å². The van der Waals surface area contributed by atoms with Crippen LogP contribution < -0.4 is 4.80 Å². The monoisotopic (exact) mass is 431 g/mol. The van der Waals surface area contributed by atoms with E-state index in [1.165, 1.54) is 11.3 Å². The molecule has 1 saturated heterocycles. The molecule has 10 heteroatoms. The Hall–Kier alpha value is -2.33. The Balaban J connectivity index is 1.70. The SMILES string of the molecule is Cc1nn(C2CCS(=O)(=O)C2)c2nc(C3CC3)cc(C(=O)N=c3sccn3C)c12. The van der Waals surface area contributed by atoms with Crippen LogP contribution in [0.2, 0.25) is 0 Å². The van der Waals surface area contributed by atoms with E-state index in [0.29, 0.717) is 39.4 Å². The van der Waals surface area contributed by atoms with Crippen LogP contribution in [0.5, 0.6) is 0 Å². The number of aryl methyl sites for hydroxylation is 2. The zero-order valence-electron chi connectivity index (χ0n) is 16.2. The first kappa shape index (κ1) is 18.7. The highest BCUT2D eigenvalue weighted by Crippen LogP contribution is 2.41. The van der Waals surface area contributed by atoms with Crippen molar-refractivity contribution in [3.8, 4) is 0 Å². The molecule has 0 N–H and O–H groups in total. The quantitative estimate of drug-likeness (QED) is 0.632. The lowest BCUT2D eigenvalue weighted by molar-refractivity contribution is 0.0999. The van der Waals surface area contributed by atoms with E-state index >= 15 is 0 Å². The summed E-state index contributed by atoms with van der Waals surface area (Å²) in [5, 5.41) is 7.16. The van der Waals surface area contributed by atoms with Crippen LogP contribution in [-0.2, 0) is 16.9 Å². The molecule has 3 aromatic heterocycles. The van der Waals surface area contributed by atoms with Gasteiger partial charge >= 0.3 is 0 Å². The van der Waals surface area contributed by atoms with Gasteiger partial charge in [-0.2, -0.15) is 10.1 Å². The number of nitrogens with zero attached hydrogens (tertiary/aromatic N) is 5. The number of hydrogen-bond donors (Lipinski definition) is 0. The summed E-state index contributed by atoms with van der Waals surface area (Å²) in [6.07, 6.45) is 4.48. The zero-order chi connectivity index (χ0) is 20.3. The number of amides is 1. The fourth-order valence-electron chi connectivity index (χ4n) is 3.89. The van der Waals surface area contributed by atoms with Crippen molar-refractivity contribution in [1.29, 1.82) is 0 Å². The number of aromatic nitrogens is 4. The van der Waals surface area contributed by atoms with Gasteiger partial charge in [0.15, 0.2) is 20.3 Å². The number of sulfone groups is 1. The van der Waals surface area contributed by atoms with Crippen molar-refractivity contribution in [1.82, 2.24) is 19.3 Å². The normalized spacial score (nSPS) is 21.9. The molecule has 0 aromatic carbocycles. The Morgan fingerprint density at radius 3 is 2.72 bits per heavy atom. The maximum Gasteiger partial charge on any atom is 0.280 e. The molecule has 1 aliphatic carbocycles. The van der Waals surface area contributed by atoms with Crippen molar-refractivity contribution in [2.24, 2.45) is 12.0 Å². The largest absolute Gasteiger partial charge is 0.327 e. The smallest absolute Gasteiger partial charge is 0.280 e. The highest BCUT2D eigenvalue weighted by Gasteiger charge is 2.34. The van der Waals surface area contributed by atoms with Crippen molar-refractivity contribution >= 4 is 38.1 Å². The second-order valence-electron chi connectivity index (χ2n) is 7.87. The summed E-state index contributed by atoms with van der Waals surface area (Å²) in [5.74, 6) is 0.256. The summed E-state index contributed by atoms with van der Waals surface area (Å²) in [4.78, 5) is 22.9. The standard InChI is InChI=1S/C19H21N5O3S2/c1-11-16-14(18(25)21-19-23(2)6-7-28-19)9-15(12-3-4-12)20-17(16)24(22-11)13-5-8-29(26,27)10-13/h6-7,9,12-13H,3-5,8,10H2,1-2H3. The summed E-state index contributed by atoms with van der Waals surface area (Å²) >= 11 is 1.40. The molecule has 8 nitrogen and oxygen atoms in total. The molecule has 1 saturated carbocycles. The van der Waals surface area contributed by atoms with Crippen molar-refractivity contribution in [3.05, 3.63) is 39.4 Å². The van der Waals surface area contributed by atoms with Crippen LogP contribution in [0, 0.1) is 6.92 Å². The van der Waals surface area contributed by atoms with E-state index in [4.69, 9.17) is 4.98 Å². The lowest BCUT2D eigenvalue weighted by atomic mass is 10.1. The van der Waals surface area contributed by atoms with Gasteiger partial charge in [-0.15, -0.1) is 11.3 Å². The fraction of sp³-hybridized carbons (Fsp3) is 0.474. The van der Waals surface area contributed by atoms with Gasteiger partial charge in [-0.25, -0.2) is 18.1 Å². The number of carbonyl (C=O) groups is 1. The third-order valence-corrected chi connectivity index (χ3v) is 8.19. The van der Waals surface area contributed by atoms with E-state index in [1.54, 1.807) is 4.68 Å². The van der Waals surface area contributed by atoms with Gasteiger partial charge in [-0.05, 0) is 32.3 Å². The zero-order valence-corrected chi connectivity index (χ0v) is 17.8. The lowest BCUT2D eigenvalue weighted by Gasteiger charge is -2.11. The maximum atomic E-state index is 13.1. The molecule has 3 aromatic rings. The molecule has 29 heavy (non-hydrogen) atoms. The Bertz CT molecular complexity index is 1310. The van der Waals surface area contributed by atoms with Gasteiger partial charge in [-0.1, -0.05) is 0 Å². The molecule has 0 radical (unpaired) electrons. The molecule has 1 aliphatic heterocycles. The molecule has 0 spiro atoms. The second-order valence-corrected chi connectivity index (χ2v) is 11.0. The number of rotatable bonds is 3. The third kappa shape index (κ3) is 3.33. The average molecular weight is 432 g/mol.